The summed E-state index contributed by atoms with van der Waals surface area (Å²) in [7, 11) is -0.719. The van der Waals surface area contributed by atoms with E-state index in [-0.39, 0.29) is 17.9 Å². The highest BCUT2D eigenvalue weighted by atomic mass is 79.9. The molecular formula is C24H26BrFN8O2S. The maximum absolute atomic E-state index is 14.7. The van der Waals surface area contributed by atoms with Gasteiger partial charge in [0.2, 0.25) is 11.9 Å². The van der Waals surface area contributed by atoms with Crippen molar-refractivity contribution in [2.24, 2.45) is 10.3 Å². The van der Waals surface area contributed by atoms with Gasteiger partial charge < -0.3 is 10.6 Å². The van der Waals surface area contributed by atoms with E-state index in [1.807, 2.05) is 6.07 Å². The molecule has 4 aromatic rings. The van der Waals surface area contributed by atoms with E-state index in [0.717, 1.165) is 12.8 Å². The molecule has 2 N–H and O–H groups in total. The van der Waals surface area contributed by atoms with Crippen molar-refractivity contribution in [3.63, 3.8) is 0 Å². The number of nitrogens with one attached hydrogen (secondary N) is 2. The number of nitrogens with zero attached hydrogens (tertiary/aromatic N) is 6. The number of hydrogen-bond acceptors (Lipinski definition) is 8. The summed E-state index contributed by atoms with van der Waals surface area (Å²) >= 11 is 3.45. The van der Waals surface area contributed by atoms with Gasteiger partial charge in [-0.1, -0.05) is 6.07 Å². The molecule has 3 atom stereocenters. The predicted molar refractivity (Wildman–Crippen MR) is 145 cm³/mol. The van der Waals surface area contributed by atoms with Crippen molar-refractivity contribution in [3.8, 4) is 5.69 Å². The van der Waals surface area contributed by atoms with Crippen molar-refractivity contribution in [2.45, 2.75) is 25.3 Å². The molecule has 1 saturated carbocycles. The number of carbonyl (C=O) groups is 1. The van der Waals surface area contributed by atoms with Crippen LogP contribution in [0, 0.1) is 11.7 Å². The number of hydrogen-bond donors (Lipinski definition) is 2. The van der Waals surface area contributed by atoms with Crippen LogP contribution < -0.4 is 10.6 Å². The largest absolute Gasteiger partial charge is 0.355 e. The van der Waals surface area contributed by atoms with Crippen LogP contribution in [0.15, 0.2) is 45.6 Å². The molecule has 37 heavy (non-hydrogen) atoms. The predicted octanol–water partition coefficient (Wildman–Crippen LogP) is 3.69. The van der Waals surface area contributed by atoms with Crippen molar-refractivity contribution in [1.29, 1.82) is 0 Å². The number of pyridine rings is 1. The van der Waals surface area contributed by atoms with Crippen LogP contribution in [0.2, 0.25) is 0 Å². The molecule has 1 fully saturated rings. The lowest BCUT2D eigenvalue weighted by Crippen LogP contribution is -2.33. The third-order valence-corrected chi connectivity index (χ3v) is 8.89. The van der Waals surface area contributed by atoms with E-state index >= 15 is 0 Å². The summed E-state index contributed by atoms with van der Waals surface area (Å²) in [6.45, 7) is 0.337. The van der Waals surface area contributed by atoms with E-state index in [2.05, 4.69) is 51.0 Å². The molecular weight excluding hydrogens is 563 g/mol. The van der Waals surface area contributed by atoms with Gasteiger partial charge in [0, 0.05) is 71.1 Å². The summed E-state index contributed by atoms with van der Waals surface area (Å²) in [4.78, 5) is 25.8. The number of anilines is 1. The quantitative estimate of drug-likeness (QED) is 0.337. The zero-order chi connectivity index (χ0) is 26.2. The lowest BCUT2D eigenvalue weighted by atomic mass is 10.1. The molecule has 1 aliphatic rings. The van der Waals surface area contributed by atoms with Crippen molar-refractivity contribution in [2.75, 3.05) is 30.9 Å². The Bertz CT molecular complexity index is 1620. The Morgan fingerprint density at radius 1 is 1.32 bits per heavy atom. The van der Waals surface area contributed by atoms with Gasteiger partial charge in [0.25, 0.3) is 0 Å². The van der Waals surface area contributed by atoms with Crippen LogP contribution in [0.1, 0.15) is 19.3 Å². The monoisotopic (exact) mass is 588 g/mol. The first-order valence-corrected chi connectivity index (χ1v) is 14.7. The van der Waals surface area contributed by atoms with Crippen molar-refractivity contribution < 1.29 is 13.4 Å². The number of rotatable bonds is 7. The fourth-order valence-electron chi connectivity index (χ4n) is 4.51. The third kappa shape index (κ3) is 5.42. The molecule has 1 aromatic carbocycles. The summed E-state index contributed by atoms with van der Waals surface area (Å²) in [5.74, 6) is 0.118. The minimum atomic E-state index is -2.25. The fraction of sp³-hybridized carbons (Fsp3) is 0.375. The Morgan fingerprint density at radius 3 is 2.97 bits per heavy atom. The maximum atomic E-state index is 14.7. The number of carbonyl (C=O) groups excluding carboxylic acids is 1. The minimum absolute atomic E-state index is 0.0261. The first-order valence-electron chi connectivity index (χ1n) is 11.8. The highest BCUT2D eigenvalue weighted by Crippen LogP contribution is 2.30. The molecule has 0 radical (unpaired) electrons. The molecule has 194 valence electrons. The van der Waals surface area contributed by atoms with Crippen LogP contribution in [0.25, 0.3) is 27.6 Å². The van der Waals surface area contributed by atoms with Gasteiger partial charge in [-0.25, -0.2) is 22.6 Å². The number of amides is 1. The molecule has 13 heteroatoms. The Labute approximate surface area is 221 Å². The second-order valence-corrected chi connectivity index (χ2v) is 12.6. The van der Waals surface area contributed by atoms with Crippen molar-refractivity contribution in [1.82, 2.24) is 30.0 Å². The van der Waals surface area contributed by atoms with Gasteiger partial charge in [-0.3, -0.25) is 9.78 Å². The standard InChI is InChI=1S/C24H26BrFN8O2S/c1-27-37(2,36)9-8-29-23(35)15-5-6-16(10-15)31-24-30-13-18-21(25)33-34(22(18)32-24)17-11-14-4-3-7-28-20(14)19(26)12-17/h3-4,7,11-13,15-16H,5-6,8-10H2,1-2H3,(H,29,35)(H,30,31,32)/t15-,16-,37?/m1/s1. The van der Waals surface area contributed by atoms with Crippen LogP contribution in [-0.4, -0.2) is 66.5 Å². The number of aromatic nitrogens is 5. The van der Waals surface area contributed by atoms with E-state index in [9.17, 15) is 13.4 Å². The smallest absolute Gasteiger partial charge is 0.224 e. The van der Waals surface area contributed by atoms with E-state index in [1.54, 1.807) is 35.5 Å². The topological polar surface area (TPSA) is 127 Å². The number of halogens is 2. The Kier molecular flexibility index (Phi) is 7.08. The lowest BCUT2D eigenvalue weighted by Gasteiger charge is -2.14. The molecule has 0 bridgehead atoms. The van der Waals surface area contributed by atoms with Crippen molar-refractivity contribution >= 4 is 59.5 Å². The van der Waals surface area contributed by atoms with Crippen LogP contribution >= 0.6 is 15.9 Å². The van der Waals surface area contributed by atoms with E-state index in [0.29, 0.717) is 56.9 Å². The molecule has 10 nitrogen and oxygen atoms in total. The third-order valence-electron chi connectivity index (χ3n) is 6.57. The maximum Gasteiger partial charge on any atom is 0.224 e. The zero-order valence-electron chi connectivity index (χ0n) is 20.3. The first kappa shape index (κ1) is 25.5. The van der Waals surface area contributed by atoms with Gasteiger partial charge in [-0.2, -0.15) is 10.1 Å². The molecule has 0 saturated heterocycles. The SMILES string of the molecule is CN=S(C)(=O)CCNC(=O)[C@@H]1CC[C@@H](Nc2ncc3c(Br)nn(-c4cc(F)c5ncccc5c4)c3n2)C1. The van der Waals surface area contributed by atoms with Crippen LogP contribution in [0.5, 0.6) is 0 Å². The average molecular weight is 589 g/mol. The second-order valence-electron chi connectivity index (χ2n) is 9.12. The molecule has 1 aliphatic carbocycles. The molecule has 0 spiro atoms. The Balaban J connectivity index is 1.32. The van der Waals surface area contributed by atoms with Gasteiger partial charge in [-0.15, -0.1) is 0 Å². The fourth-order valence-corrected chi connectivity index (χ4v) is 5.61. The average Bonchev–Trinajstić information content (AvgIpc) is 3.48. The Hall–Kier alpha value is -3.19. The summed E-state index contributed by atoms with van der Waals surface area (Å²) in [5, 5.41) is 12.1. The van der Waals surface area contributed by atoms with Crippen LogP contribution in [0.3, 0.4) is 0 Å². The molecule has 3 aromatic heterocycles. The van der Waals surface area contributed by atoms with E-state index < -0.39 is 15.5 Å². The summed E-state index contributed by atoms with van der Waals surface area (Å²) in [6, 6.07) is 6.77. The normalized spacial score (nSPS) is 19.1. The molecule has 0 aliphatic heterocycles. The van der Waals surface area contributed by atoms with Crippen LogP contribution in [0.4, 0.5) is 10.3 Å². The summed E-state index contributed by atoms with van der Waals surface area (Å²) in [5.41, 5.74) is 1.33. The number of benzene rings is 1. The summed E-state index contributed by atoms with van der Waals surface area (Å²) in [6.07, 6.45) is 6.97. The first-order chi connectivity index (χ1) is 17.7. The Morgan fingerprint density at radius 2 is 2.16 bits per heavy atom. The van der Waals surface area contributed by atoms with Gasteiger partial charge in [0.1, 0.15) is 10.1 Å². The lowest BCUT2D eigenvalue weighted by molar-refractivity contribution is -0.124. The highest BCUT2D eigenvalue weighted by Gasteiger charge is 2.30. The molecule has 3 heterocycles. The van der Waals surface area contributed by atoms with E-state index in [4.69, 9.17) is 0 Å². The second kappa shape index (κ2) is 10.3. The van der Waals surface area contributed by atoms with Gasteiger partial charge in [-0.05, 0) is 47.3 Å². The minimum Gasteiger partial charge on any atom is -0.355 e. The number of fused-ring (bicyclic) bond motifs is 2. The van der Waals surface area contributed by atoms with Gasteiger partial charge in [0.15, 0.2) is 11.5 Å². The summed E-state index contributed by atoms with van der Waals surface area (Å²) < 4.78 is 32.7. The highest BCUT2D eigenvalue weighted by molar-refractivity contribution is 9.10. The molecule has 1 amide bonds. The molecule has 5 rings (SSSR count). The van der Waals surface area contributed by atoms with Gasteiger partial charge in [0.05, 0.1) is 11.1 Å². The van der Waals surface area contributed by atoms with E-state index in [1.165, 1.54) is 13.1 Å². The van der Waals surface area contributed by atoms with Crippen molar-refractivity contribution in [3.05, 3.63) is 47.1 Å². The van der Waals surface area contributed by atoms with Crippen LogP contribution in [-0.2, 0) is 14.5 Å². The molecule has 1 unspecified atom stereocenters. The van der Waals surface area contributed by atoms with Gasteiger partial charge >= 0.3 is 0 Å². The zero-order valence-corrected chi connectivity index (χ0v) is 22.7.